The molecule has 6 heteroatoms. The van der Waals surface area contributed by atoms with Crippen molar-refractivity contribution >= 4 is 23.2 Å². The van der Waals surface area contributed by atoms with Gasteiger partial charge in [-0.25, -0.2) is 0 Å². The number of amides is 2. The number of piperidine rings is 1. The molecule has 1 unspecified atom stereocenters. The van der Waals surface area contributed by atoms with Gasteiger partial charge >= 0.3 is 0 Å². The molecule has 5 nitrogen and oxygen atoms in total. The molecule has 1 aromatic rings. The summed E-state index contributed by atoms with van der Waals surface area (Å²) < 4.78 is 0. The van der Waals surface area contributed by atoms with Gasteiger partial charge in [0.25, 0.3) is 5.91 Å². The van der Waals surface area contributed by atoms with Crippen molar-refractivity contribution in [1.29, 1.82) is 0 Å². The summed E-state index contributed by atoms with van der Waals surface area (Å²) in [4.78, 5) is 27.0. The molecule has 3 N–H and O–H groups in total. The fraction of sp³-hybridized carbons (Fsp3) is 0.467. The molecule has 0 radical (unpaired) electrons. The van der Waals surface area contributed by atoms with Gasteiger partial charge in [-0.1, -0.05) is 11.8 Å². The van der Waals surface area contributed by atoms with Crippen LogP contribution in [0, 0.1) is 11.8 Å². The van der Waals surface area contributed by atoms with Crippen molar-refractivity contribution in [3.63, 3.8) is 0 Å². The summed E-state index contributed by atoms with van der Waals surface area (Å²) in [7, 11) is 1.60. The second kappa shape index (κ2) is 7.25. The van der Waals surface area contributed by atoms with Gasteiger partial charge in [0, 0.05) is 19.2 Å². The zero-order valence-electron chi connectivity index (χ0n) is 12.0. The molecule has 1 atom stereocenters. The van der Waals surface area contributed by atoms with Crippen LogP contribution < -0.4 is 11.1 Å². The molecule has 2 rings (SSSR count). The van der Waals surface area contributed by atoms with Crippen LogP contribution in [0.5, 0.6) is 0 Å². The maximum atomic E-state index is 12.7. The van der Waals surface area contributed by atoms with Crippen molar-refractivity contribution in [1.82, 2.24) is 10.2 Å². The van der Waals surface area contributed by atoms with E-state index in [1.54, 1.807) is 11.9 Å². The monoisotopic (exact) mass is 305 g/mol. The molecule has 112 valence electrons. The highest BCUT2D eigenvalue weighted by molar-refractivity contribution is 7.12. The molecule has 2 heterocycles. The molecule has 1 saturated heterocycles. The zero-order chi connectivity index (χ0) is 15.2. The number of carbonyl (C=O) groups excluding carboxylic acids is 2. The standard InChI is InChI=1S/C15H19N3O2S/c1-17-14(19)12-6-2-3-9-18(12)15(20)13-11(5-4-8-16)7-10-21-13/h7,10,12H,2-3,6,8-9,16H2,1H3,(H,17,19). The summed E-state index contributed by atoms with van der Waals surface area (Å²) in [5, 5.41) is 4.48. The number of rotatable bonds is 2. The Morgan fingerprint density at radius 2 is 2.33 bits per heavy atom. The largest absolute Gasteiger partial charge is 0.357 e. The van der Waals surface area contributed by atoms with Gasteiger partial charge in [0.2, 0.25) is 5.91 Å². The molecule has 1 fully saturated rings. The number of carbonyl (C=O) groups is 2. The molecular weight excluding hydrogens is 286 g/mol. The predicted octanol–water partition coefficient (Wildman–Crippen LogP) is 0.799. The van der Waals surface area contributed by atoms with E-state index in [1.807, 2.05) is 11.4 Å². The van der Waals surface area contributed by atoms with Gasteiger partial charge in [-0.05, 0) is 30.7 Å². The molecule has 2 amide bonds. The smallest absolute Gasteiger partial charge is 0.265 e. The van der Waals surface area contributed by atoms with Crippen molar-refractivity contribution < 1.29 is 9.59 Å². The predicted molar refractivity (Wildman–Crippen MR) is 83.0 cm³/mol. The van der Waals surface area contributed by atoms with Crippen LogP contribution in [0.15, 0.2) is 11.4 Å². The first-order valence-corrected chi connectivity index (χ1v) is 7.86. The van der Waals surface area contributed by atoms with Gasteiger partial charge in [0.1, 0.15) is 10.9 Å². The molecule has 0 bridgehead atoms. The summed E-state index contributed by atoms with van der Waals surface area (Å²) in [6.07, 6.45) is 2.60. The minimum atomic E-state index is -0.381. The van der Waals surface area contributed by atoms with Gasteiger partial charge < -0.3 is 16.0 Å². The summed E-state index contributed by atoms with van der Waals surface area (Å²) >= 11 is 1.36. The van der Waals surface area contributed by atoms with E-state index >= 15 is 0 Å². The minimum Gasteiger partial charge on any atom is -0.357 e. The Labute approximate surface area is 128 Å². The quantitative estimate of drug-likeness (QED) is 0.794. The Bertz CT molecular complexity index is 585. The van der Waals surface area contributed by atoms with Crippen molar-refractivity contribution in [3.05, 3.63) is 21.9 Å². The van der Waals surface area contributed by atoms with Crippen molar-refractivity contribution in [2.75, 3.05) is 20.1 Å². The molecule has 1 aliphatic heterocycles. The van der Waals surface area contributed by atoms with Crippen molar-refractivity contribution in [3.8, 4) is 11.8 Å². The SMILES string of the molecule is CNC(=O)C1CCCCN1C(=O)c1sccc1C#CCN. The summed E-state index contributed by atoms with van der Waals surface area (Å²) in [6.45, 7) is 0.868. The van der Waals surface area contributed by atoms with Gasteiger partial charge in [0.05, 0.1) is 6.54 Å². The Morgan fingerprint density at radius 3 is 3.05 bits per heavy atom. The first-order chi connectivity index (χ1) is 10.2. The number of nitrogens with two attached hydrogens (primary N) is 1. The van der Waals surface area contributed by atoms with E-state index in [0.717, 1.165) is 12.8 Å². The van der Waals surface area contributed by atoms with E-state index in [4.69, 9.17) is 5.73 Å². The number of nitrogens with zero attached hydrogens (tertiary/aromatic N) is 1. The average molecular weight is 305 g/mol. The van der Waals surface area contributed by atoms with E-state index in [1.165, 1.54) is 11.3 Å². The first-order valence-electron chi connectivity index (χ1n) is 6.98. The number of hydrogen-bond acceptors (Lipinski definition) is 4. The minimum absolute atomic E-state index is 0.103. The zero-order valence-corrected chi connectivity index (χ0v) is 12.8. The first kappa shape index (κ1) is 15.5. The van der Waals surface area contributed by atoms with E-state index in [9.17, 15) is 9.59 Å². The average Bonchev–Trinajstić information content (AvgIpc) is 2.99. The Morgan fingerprint density at radius 1 is 1.52 bits per heavy atom. The third-order valence-electron chi connectivity index (χ3n) is 3.50. The van der Waals surface area contributed by atoms with E-state index in [2.05, 4.69) is 17.2 Å². The Balaban J connectivity index is 2.25. The fourth-order valence-electron chi connectivity index (χ4n) is 2.46. The van der Waals surface area contributed by atoms with Crippen molar-refractivity contribution in [2.24, 2.45) is 5.73 Å². The molecule has 0 aliphatic carbocycles. The number of hydrogen-bond donors (Lipinski definition) is 2. The summed E-state index contributed by atoms with van der Waals surface area (Å²) in [5.41, 5.74) is 6.07. The van der Waals surface area contributed by atoms with Crippen LogP contribution in [0.4, 0.5) is 0 Å². The number of likely N-dealkylation sites (N-methyl/N-ethyl adjacent to an activating group) is 1. The van der Waals surface area contributed by atoms with Gasteiger partial charge in [-0.2, -0.15) is 0 Å². The second-order valence-electron chi connectivity index (χ2n) is 4.79. The van der Waals surface area contributed by atoms with Crippen LogP contribution in [-0.4, -0.2) is 42.9 Å². The number of nitrogens with one attached hydrogen (secondary N) is 1. The third-order valence-corrected chi connectivity index (χ3v) is 4.40. The lowest BCUT2D eigenvalue weighted by molar-refractivity contribution is -0.126. The molecule has 0 spiro atoms. The lowest BCUT2D eigenvalue weighted by atomic mass is 10.0. The van der Waals surface area contributed by atoms with Gasteiger partial charge in [-0.3, -0.25) is 9.59 Å². The number of thiophene rings is 1. The van der Waals surface area contributed by atoms with Crippen molar-refractivity contribution in [2.45, 2.75) is 25.3 Å². The van der Waals surface area contributed by atoms with E-state index in [-0.39, 0.29) is 24.4 Å². The summed E-state index contributed by atoms with van der Waals surface area (Å²) in [6, 6.07) is 1.44. The van der Waals surface area contributed by atoms with Crippen LogP contribution in [0.1, 0.15) is 34.5 Å². The highest BCUT2D eigenvalue weighted by atomic mass is 32.1. The topological polar surface area (TPSA) is 75.4 Å². The van der Waals surface area contributed by atoms with Crippen LogP contribution >= 0.6 is 11.3 Å². The van der Waals surface area contributed by atoms with Crippen LogP contribution in [0.2, 0.25) is 0 Å². The maximum Gasteiger partial charge on any atom is 0.265 e. The van der Waals surface area contributed by atoms with Gasteiger partial charge in [0.15, 0.2) is 0 Å². The van der Waals surface area contributed by atoms with Crippen LogP contribution in [0.25, 0.3) is 0 Å². The lowest BCUT2D eigenvalue weighted by Gasteiger charge is -2.34. The molecule has 1 aromatic heterocycles. The summed E-state index contributed by atoms with van der Waals surface area (Å²) in [5.74, 6) is 5.47. The molecule has 1 aliphatic rings. The second-order valence-corrected chi connectivity index (χ2v) is 5.71. The van der Waals surface area contributed by atoms with E-state index < -0.39 is 0 Å². The van der Waals surface area contributed by atoms with Gasteiger partial charge in [-0.15, -0.1) is 11.3 Å². The fourth-order valence-corrected chi connectivity index (χ4v) is 3.27. The number of likely N-dealkylation sites (tertiary alicyclic amines) is 1. The lowest BCUT2D eigenvalue weighted by Crippen LogP contribution is -2.51. The molecule has 21 heavy (non-hydrogen) atoms. The Hall–Kier alpha value is -1.84. The highest BCUT2D eigenvalue weighted by Gasteiger charge is 2.33. The molecule has 0 saturated carbocycles. The molecule has 0 aromatic carbocycles. The van der Waals surface area contributed by atoms with Crippen LogP contribution in [-0.2, 0) is 4.79 Å². The Kier molecular flexibility index (Phi) is 5.37. The highest BCUT2D eigenvalue weighted by Crippen LogP contribution is 2.24. The van der Waals surface area contributed by atoms with Crippen LogP contribution in [0.3, 0.4) is 0 Å². The normalized spacial score (nSPS) is 17.8. The maximum absolute atomic E-state index is 12.7. The third kappa shape index (κ3) is 3.43. The molecular formula is C15H19N3O2S. The van der Waals surface area contributed by atoms with E-state index in [0.29, 0.717) is 23.4 Å².